The van der Waals surface area contributed by atoms with Gasteiger partial charge < -0.3 is 0 Å². The van der Waals surface area contributed by atoms with Crippen molar-refractivity contribution in [2.45, 2.75) is 26.2 Å². The van der Waals surface area contributed by atoms with E-state index in [1.807, 2.05) is 11.3 Å². The van der Waals surface area contributed by atoms with Gasteiger partial charge in [-0.05, 0) is 10.8 Å². The normalized spacial score (nSPS) is 11.9. The van der Waals surface area contributed by atoms with Gasteiger partial charge in [0.15, 0.2) is 0 Å². The minimum absolute atomic E-state index is 0.332. The summed E-state index contributed by atoms with van der Waals surface area (Å²) >= 11 is 1.86. The van der Waals surface area contributed by atoms with E-state index in [1.54, 1.807) is 0 Å². The standard InChI is InChI=1S/C8H13BS/c1-8(2,3)7-6(9)4-5-10-7/h4-5H,9H2,1-3H3. The molecule has 0 N–H and O–H groups in total. The second-order valence-electron chi connectivity index (χ2n) is 3.68. The van der Waals surface area contributed by atoms with Gasteiger partial charge in [-0.2, -0.15) is 0 Å². The van der Waals surface area contributed by atoms with Crippen LogP contribution in [0.5, 0.6) is 0 Å². The Labute approximate surface area is 67.7 Å². The zero-order chi connectivity index (χ0) is 7.78. The van der Waals surface area contributed by atoms with Crippen molar-refractivity contribution in [3.8, 4) is 0 Å². The van der Waals surface area contributed by atoms with Crippen LogP contribution in [0.1, 0.15) is 25.6 Å². The Kier molecular flexibility index (Phi) is 1.91. The first-order valence-electron chi connectivity index (χ1n) is 3.56. The predicted octanol–water partition coefficient (Wildman–Crippen LogP) is 1.30. The molecule has 0 aliphatic carbocycles. The first kappa shape index (κ1) is 7.87. The fourth-order valence-corrected chi connectivity index (χ4v) is 2.16. The summed E-state index contributed by atoms with van der Waals surface area (Å²) in [6.45, 7) is 6.77. The van der Waals surface area contributed by atoms with Gasteiger partial charge in [0, 0.05) is 4.88 Å². The summed E-state index contributed by atoms with van der Waals surface area (Å²) in [6, 6.07) is 2.19. The third-order valence-corrected chi connectivity index (χ3v) is 2.99. The molecule has 0 unspecified atom stereocenters. The summed E-state index contributed by atoms with van der Waals surface area (Å²) < 4.78 is 0. The quantitative estimate of drug-likeness (QED) is 0.491. The summed E-state index contributed by atoms with van der Waals surface area (Å²) in [5.74, 6) is 0. The molecule has 0 saturated heterocycles. The molecule has 0 bridgehead atoms. The van der Waals surface area contributed by atoms with Gasteiger partial charge in [0.1, 0.15) is 7.85 Å². The molecule has 0 amide bonds. The maximum Gasteiger partial charge on any atom is 0.140 e. The average molecular weight is 152 g/mol. The van der Waals surface area contributed by atoms with Crippen LogP contribution in [-0.2, 0) is 5.41 Å². The molecule has 0 atom stereocenters. The van der Waals surface area contributed by atoms with Crippen molar-refractivity contribution >= 4 is 24.6 Å². The van der Waals surface area contributed by atoms with Gasteiger partial charge in [0.25, 0.3) is 0 Å². The smallest absolute Gasteiger partial charge is 0.140 e. The summed E-state index contributed by atoms with van der Waals surface area (Å²) in [6.07, 6.45) is 0. The Bertz CT molecular complexity index is 219. The topological polar surface area (TPSA) is 0 Å². The zero-order valence-corrected chi connectivity index (χ0v) is 7.88. The van der Waals surface area contributed by atoms with Gasteiger partial charge in [-0.15, -0.1) is 11.3 Å². The van der Waals surface area contributed by atoms with Crippen molar-refractivity contribution in [1.82, 2.24) is 0 Å². The van der Waals surface area contributed by atoms with Crippen molar-refractivity contribution in [1.29, 1.82) is 0 Å². The molecule has 0 radical (unpaired) electrons. The lowest BCUT2D eigenvalue weighted by atomic mass is 9.85. The Balaban J connectivity index is 3.05. The highest BCUT2D eigenvalue weighted by Crippen LogP contribution is 2.23. The Hall–Kier alpha value is -0.235. The van der Waals surface area contributed by atoms with E-state index in [2.05, 4.69) is 40.1 Å². The van der Waals surface area contributed by atoms with Crippen LogP contribution in [0.4, 0.5) is 0 Å². The predicted molar refractivity (Wildman–Crippen MR) is 51.2 cm³/mol. The lowest BCUT2D eigenvalue weighted by molar-refractivity contribution is 0.607. The molecule has 54 valence electrons. The average Bonchev–Trinajstić information content (AvgIpc) is 2.11. The monoisotopic (exact) mass is 152 g/mol. The minimum Gasteiger partial charge on any atom is -0.149 e. The summed E-state index contributed by atoms with van der Waals surface area (Å²) in [7, 11) is 2.18. The second kappa shape index (κ2) is 2.42. The lowest BCUT2D eigenvalue weighted by Crippen LogP contribution is -2.18. The summed E-state index contributed by atoms with van der Waals surface area (Å²) in [5, 5.41) is 2.16. The van der Waals surface area contributed by atoms with E-state index < -0.39 is 0 Å². The molecule has 0 spiro atoms. The third kappa shape index (κ3) is 1.43. The molecule has 2 heteroatoms. The van der Waals surface area contributed by atoms with Crippen LogP contribution in [0.3, 0.4) is 0 Å². The molecule has 1 aromatic heterocycles. The lowest BCUT2D eigenvalue weighted by Gasteiger charge is -2.17. The van der Waals surface area contributed by atoms with Crippen molar-refractivity contribution in [3.05, 3.63) is 16.3 Å². The Morgan fingerprint density at radius 1 is 1.40 bits per heavy atom. The molecule has 1 aromatic rings. The van der Waals surface area contributed by atoms with Crippen LogP contribution in [-0.4, -0.2) is 7.85 Å². The molecule has 1 rings (SSSR count). The number of hydrogen-bond donors (Lipinski definition) is 0. The number of thiophene rings is 1. The molecule has 0 aliphatic heterocycles. The van der Waals surface area contributed by atoms with Crippen LogP contribution in [0.15, 0.2) is 11.4 Å². The first-order chi connectivity index (χ1) is 4.52. The molecular formula is C8H13BS. The maximum absolute atomic E-state index is 2.26. The van der Waals surface area contributed by atoms with Crippen molar-refractivity contribution in [2.75, 3.05) is 0 Å². The Morgan fingerprint density at radius 3 is 2.20 bits per heavy atom. The van der Waals surface area contributed by atoms with Crippen LogP contribution in [0.2, 0.25) is 0 Å². The van der Waals surface area contributed by atoms with Crippen LogP contribution < -0.4 is 5.46 Å². The van der Waals surface area contributed by atoms with Gasteiger partial charge in [0.05, 0.1) is 0 Å². The molecule has 1 heterocycles. The van der Waals surface area contributed by atoms with Gasteiger partial charge in [0.2, 0.25) is 0 Å². The third-order valence-electron chi connectivity index (χ3n) is 1.54. The van der Waals surface area contributed by atoms with E-state index in [1.165, 1.54) is 10.3 Å². The molecule has 0 aliphatic rings. The fourth-order valence-electron chi connectivity index (χ4n) is 1.14. The van der Waals surface area contributed by atoms with Gasteiger partial charge in [-0.3, -0.25) is 0 Å². The van der Waals surface area contributed by atoms with E-state index in [-0.39, 0.29) is 0 Å². The molecule has 0 fully saturated rings. The van der Waals surface area contributed by atoms with E-state index in [4.69, 9.17) is 0 Å². The van der Waals surface area contributed by atoms with Crippen LogP contribution in [0, 0.1) is 0 Å². The van der Waals surface area contributed by atoms with E-state index in [9.17, 15) is 0 Å². The van der Waals surface area contributed by atoms with E-state index >= 15 is 0 Å². The molecule has 10 heavy (non-hydrogen) atoms. The summed E-state index contributed by atoms with van der Waals surface area (Å²) in [5.41, 5.74) is 1.76. The van der Waals surface area contributed by atoms with Crippen molar-refractivity contribution < 1.29 is 0 Å². The fraction of sp³-hybridized carbons (Fsp3) is 0.500. The van der Waals surface area contributed by atoms with Gasteiger partial charge in [-0.1, -0.05) is 32.3 Å². The molecule has 0 nitrogen and oxygen atoms in total. The van der Waals surface area contributed by atoms with Crippen LogP contribution in [0.25, 0.3) is 0 Å². The SMILES string of the molecule is Bc1ccsc1C(C)(C)C. The van der Waals surface area contributed by atoms with Crippen molar-refractivity contribution in [2.24, 2.45) is 0 Å². The first-order valence-corrected chi connectivity index (χ1v) is 4.44. The highest BCUT2D eigenvalue weighted by Gasteiger charge is 2.16. The zero-order valence-electron chi connectivity index (χ0n) is 7.06. The maximum atomic E-state index is 2.26. The molecule has 0 saturated carbocycles. The highest BCUT2D eigenvalue weighted by molar-refractivity contribution is 7.11. The number of rotatable bonds is 0. The minimum atomic E-state index is 0.332. The van der Waals surface area contributed by atoms with Gasteiger partial charge >= 0.3 is 0 Å². The van der Waals surface area contributed by atoms with Gasteiger partial charge in [-0.25, -0.2) is 0 Å². The van der Waals surface area contributed by atoms with E-state index in [0.717, 1.165) is 0 Å². The van der Waals surface area contributed by atoms with E-state index in [0.29, 0.717) is 5.41 Å². The summed E-state index contributed by atoms with van der Waals surface area (Å²) in [4.78, 5) is 1.51. The second-order valence-corrected chi connectivity index (χ2v) is 4.60. The number of hydrogen-bond acceptors (Lipinski definition) is 1. The molecule has 0 aromatic carbocycles. The van der Waals surface area contributed by atoms with Crippen molar-refractivity contribution in [3.63, 3.8) is 0 Å². The highest BCUT2D eigenvalue weighted by atomic mass is 32.1. The molecular weight excluding hydrogens is 139 g/mol. The Morgan fingerprint density at radius 2 is 2.00 bits per heavy atom. The van der Waals surface area contributed by atoms with Crippen LogP contribution >= 0.6 is 11.3 Å². The largest absolute Gasteiger partial charge is 0.149 e.